The predicted octanol–water partition coefficient (Wildman–Crippen LogP) is 4.18. The van der Waals surface area contributed by atoms with E-state index in [1.165, 1.54) is 0 Å². The number of carbonyl (C=O) groups is 1. The molecule has 0 aliphatic heterocycles. The van der Waals surface area contributed by atoms with Crippen molar-refractivity contribution in [2.75, 3.05) is 0 Å². The third-order valence-electron chi connectivity index (χ3n) is 2.12. The van der Waals surface area contributed by atoms with Crippen LogP contribution in [0, 0.1) is 5.41 Å². The lowest BCUT2D eigenvalue weighted by Crippen LogP contribution is -2.29. The Morgan fingerprint density at radius 1 is 1.20 bits per heavy atom. The Morgan fingerprint density at radius 3 is 2.07 bits per heavy atom. The van der Waals surface area contributed by atoms with Crippen LogP contribution in [0.4, 0.5) is 0 Å². The van der Waals surface area contributed by atoms with Crippen LogP contribution >= 0.6 is 23.2 Å². The van der Waals surface area contributed by atoms with Gasteiger partial charge in [-0.2, -0.15) is 0 Å². The molecule has 0 aromatic heterocycles. The molecule has 1 atom stereocenters. The van der Waals surface area contributed by atoms with E-state index in [1.54, 1.807) is 24.3 Å². The third-order valence-corrected chi connectivity index (χ3v) is 3.22. The third kappa shape index (κ3) is 3.22. The molecule has 0 fully saturated rings. The normalized spacial score (nSPS) is 13.7. The largest absolute Gasteiger partial charge is 0.292 e. The summed E-state index contributed by atoms with van der Waals surface area (Å²) in [5.41, 5.74) is 0.368. The van der Waals surface area contributed by atoms with Gasteiger partial charge in [-0.05, 0) is 29.7 Å². The molecule has 0 spiro atoms. The second-order valence-electron chi connectivity index (χ2n) is 4.60. The van der Waals surface area contributed by atoms with Crippen molar-refractivity contribution >= 4 is 29.0 Å². The molecule has 1 aromatic rings. The molecule has 0 saturated carbocycles. The summed E-state index contributed by atoms with van der Waals surface area (Å²) in [4.78, 5) is 11.9. The van der Waals surface area contributed by atoms with Crippen LogP contribution in [-0.4, -0.2) is 11.2 Å². The summed E-state index contributed by atoms with van der Waals surface area (Å²) in [7, 11) is 0. The van der Waals surface area contributed by atoms with Crippen molar-refractivity contribution in [3.05, 3.63) is 34.9 Å². The lowest BCUT2D eigenvalue weighted by Gasteiger charge is -2.23. The van der Waals surface area contributed by atoms with Crippen LogP contribution in [0.1, 0.15) is 31.1 Å². The Bertz CT molecular complexity index is 349. The van der Waals surface area contributed by atoms with E-state index in [0.717, 1.165) is 0 Å². The van der Waals surface area contributed by atoms with Gasteiger partial charge in [0.2, 0.25) is 0 Å². The SMILES string of the molecule is CC(C)(C)C(Cl)C(=O)c1ccc(Cl)cc1. The summed E-state index contributed by atoms with van der Waals surface area (Å²) in [5.74, 6) is -0.0548. The molecule has 1 nitrogen and oxygen atoms in total. The minimum absolute atomic E-state index is 0.0548. The summed E-state index contributed by atoms with van der Waals surface area (Å²) < 4.78 is 0. The molecule has 0 bridgehead atoms. The van der Waals surface area contributed by atoms with Crippen LogP contribution in [0.15, 0.2) is 24.3 Å². The maximum atomic E-state index is 11.9. The molecule has 1 unspecified atom stereocenters. The van der Waals surface area contributed by atoms with Crippen molar-refractivity contribution < 1.29 is 4.79 Å². The molecule has 15 heavy (non-hydrogen) atoms. The summed E-state index contributed by atoms with van der Waals surface area (Å²) in [6.07, 6.45) is 0. The standard InChI is InChI=1S/C12H14Cl2O/c1-12(2,3)11(14)10(15)8-4-6-9(13)7-5-8/h4-7,11H,1-3H3. The maximum absolute atomic E-state index is 11.9. The van der Waals surface area contributed by atoms with Crippen molar-refractivity contribution in [3.8, 4) is 0 Å². The molecule has 0 N–H and O–H groups in total. The Labute approximate surface area is 100 Å². The van der Waals surface area contributed by atoms with Crippen LogP contribution in [-0.2, 0) is 0 Å². The van der Waals surface area contributed by atoms with Crippen LogP contribution in [0.25, 0.3) is 0 Å². The van der Waals surface area contributed by atoms with Gasteiger partial charge in [0.25, 0.3) is 0 Å². The van der Waals surface area contributed by atoms with Gasteiger partial charge in [0.15, 0.2) is 5.78 Å². The number of alkyl halides is 1. The number of halogens is 2. The highest BCUT2D eigenvalue weighted by Gasteiger charge is 2.29. The molecule has 0 heterocycles. The van der Waals surface area contributed by atoms with Gasteiger partial charge in [0.1, 0.15) is 5.38 Å². The second kappa shape index (κ2) is 4.54. The van der Waals surface area contributed by atoms with Crippen molar-refractivity contribution in [1.29, 1.82) is 0 Å². The number of benzene rings is 1. The van der Waals surface area contributed by atoms with Crippen molar-refractivity contribution in [2.24, 2.45) is 5.41 Å². The minimum Gasteiger partial charge on any atom is -0.292 e. The van der Waals surface area contributed by atoms with Gasteiger partial charge >= 0.3 is 0 Å². The van der Waals surface area contributed by atoms with Crippen LogP contribution in [0.5, 0.6) is 0 Å². The molecule has 1 aromatic carbocycles. The smallest absolute Gasteiger partial charge is 0.181 e. The Hall–Kier alpha value is -0.530. The molecule has 0 amide bonds. The Kier molecular flexibility index (Phi) is 3.80. The average Bonchev–Trinajstić information content (AvgIpc) is 2.15. The van der Waals surface area contributed by atoms with Crippen LogP contribution in [0.3, 0.4) is 0 Å². The fraction of sp³-hybridized carbons (Fsp3) is 0.417. The first-order valence-electron chi connectivity index (χ1n) is 4.76. The van der Waals surface area contributed by atoms with E-state index in [-0.39, 0.29) is 11.2 Å². The van der Waals surface area contributed by atoms with E-state index < -0.39 is 5.38 Å². The van der Waals surface area contributed by atoms with E-state index in [0.29, 0.717) is 10.6 Å². The molecule has 3 heteroatoms. The van der Waals surface area contributed by atoms with E-state index >= 15 is 0 Å². The first-order valence-corrected chi connectivity index (χ1v) is 5.57. The van der Waals surface area contributed by atoms with Gasteiger partial charge < -0.3 is 0 Å². The molecule has 1 rings (SSSR count). The number of rotatable bonds is 2. The molecule has 0 radical (unpaired) electrons. The zero-order chi connectivity index (χ0) is 11.6. The van der Waals surface area contributed by atoms with Gasteiger partial charge in [-0.1, -0.05) is 32.4 Å². The molecular formula is C12H14Cl2O. The fourth-order valence-corrected chi connectivity index (χ4v) is 1.41. The summed E-state index contributed by atoms with van der Waals surface area (Å²) in [6, 6.07) is 6.79. The highest BCUT2D eigenvalue weighted by molar-refractivity contribution is 6.34. The van der Waals surface area contributed by atoms with Crippen LogP contribution < -0.4 is 0 Å². The molecule has 0 aliphatic carbocycles. The number of carbonyl (C=O) groups excluding carboxylic acids is 1. The number of hydrogen-bond acceptors (Lipinski definition) is 1. The quantitative estimate of drug-likeness (QED) is 0.564. The van der Waals surface area contributed by atoms with Gasteiger partial charge in [-0.25, -0.2) is 0 Å². The first kappa shape index (κ1) is 12.5. The van der Waals surface area contributed by atoms with Gasteiger partial charge in [-0.3, -0.25) is 4.79 Å². The van der Waals surface area contributed by atoms with Crippen molar-refractivity contribution in [1.82, 2.24) is 0 Å². The van der Waals surface area contributed by atoms with E-state index in [9.17, 15) is 4.79 Å². The molecular weight excluding hydrogens is 231 g/mol. The summed E-state index contributed by atoms with van der Waals surface area (Å²) in [5, 5.41) is 0.104. The van der Waals surface area contributed by atoms with Crippen molar-refractivity contribution in [3.63, 3.8) is 0 Å². The molecule has 0 saturated heterocycles. The lowest BCUT2D eigenvalue weighted by atomic mass is 9.87. The predicted molar refractivity (Wildman–Crippen MR) is 64.9 cm³/mol. The lowest BCUT2D eigenvalue weighted by molar-refractivity contribution is 0.0946. The Balaban J connectivity index is 2.90. The van der Waals surface area contributed by atoms with Gasteiger partial charge in [0, 0.05) is 10.6 Å². The Morgan fingerprint density at radius 2 is 1.67 bits per heavy atom. The van der Waals surface area contributed by atoms with E-state index in [2.05, 4.69) is 0 Å². The number of hydrogen-bond donors (Lipinski definition) is 0. The number of Topliss-reactive ketones (excluding diaryl/α,β-unsaturated/α-hetero) is 1. The van der Waals surface area contributed by atoms with Gasteiger partial charge in [0.05, 0.1) is 0 Å². The summed E-state index contributed by atoms with van der Waals surface area (Å²) >= 11 is 11.8. The second-order valence-corrected chi connectivity index (χ2v) is 5.47. The molecule has 82 valence electrons. The van der Waals surface area contributed by atoms with Crippen LogP contribution in [0.2, 0.25) is 5.02 Å². The molecule has 0 aliphatic rings. The van der Waals surface area contributed by atoms with Crippen molar-refractivity contribution in [2.45, 2.75) is 26.1 Å². The highest BCUT2D eigenvalue weighted by atomic mass is 35.5. The highest BCUT2D eigenvalue weighted by Crippen LogP contribution is 2.27. The van der Waals surface area contributed by atoms with Gasteiger partial charge in [-0.15, -0.1) is 11.6 Å². The van der Waals surface area contributed by atoms with E-state index in [4.69, 9.17) is 23.2 Å². The summed E-state index contributed by atoms with van der Waals surface area (Å²) in [6.45, 7) is 5.83. The van der Waals surface area contributed by atoms with E-state index in [1.807, 2.05) is 20.8 Å². The monoisotopic (exact) mass is 244 g/mol. The topological polar surface area (TPSA) is 17.1 Å². The first-order chi connectivity index (χ1) is 6.82. The maximum Gasteiger partial charge on any atom is 0.181 e. The number of ketones is 1. The average molecular weight is 245 g/mol. The zero-order valence-electron chi connectivity index (χ0n) is 9.05. The fourth-order valence-electron chi connectivity index (χ4n) is 1.15. The zero-order valence-corrected chi connectivity index (χ0v) is 10.6. The minimum atomic E-state index is -0.515.